The molecule has 0 aliphatic carbocycles. The Balaban J connectivity index is 1.55. The van der Waals surface area contributed by atoms with Gasteiger partial charge in [0.2, 0.25) is 5.91 Å². The number of hydrogen-bond donors (Lipinski definition) is 2. The van der Waals surface area contributed by atoms with Crippen LogP contribution in [-0.2, 0) is 11.2 Å². The molecular formula is C18H22FN3O2. The lowest BCUT2D eigenvalue weighted by Crippen LogP contribution is -2.33. The number of fused-ring (bicyclic) bond motifs is 2. The summed E-state index contributed by atoms with van der Waals surface area (Å²) < 4.78 is 14.4. The maximum atomic E-state index is 14.4. The van der Waals surface area contributed by atoms with Crippen LogP contribution >= 0.6 is 0 Å². The van der Waals surface area contributed by atoms with Crippen LogP contribution in [0, 0.1) is 17.7 Å². The third-order valence-electron chi connectivity index (χ3n) is 5.63. The summed E-state index contributed by atoms with van der Waals surface area (Å²) in [6.07, 6.45) is 2.89. The summed E-state index contributed by atoms with van der Waals surface area (Å²) in [7, 11) is 0. The third kappa shape index (κ3) is 2.79. The minimum absolute atomic E-state index is 0.103. The van der Waals surface area contributed by atoms with Gasteiger partial charge in [-0.2, -0.15) is 0 Å². The van der Waals surface area contributed by atoms with Crippen LogP contribution in [0.5, 0.6) is 0 Å². The van der Waals surface area contributed by atoms with Gasteiger partial charge in [0.05, 0.1) is 5.56 Å². The van der Waals surface area contributed by atoms with Crippen LogP contribution in [0.3, 0.4) is 0 Å². The lowest BCUT2D eigenvalue weighted by molar-refractivity contribution is -0.116. The van der Waals surface area contributed by atoms with Crippen molar-refractivity contribution in [3.8, 4) is 0 Å². The lowest BCUT2D eigenvalue weighted by Gasteiger charge is -2.23. The number of rotatable bonds is 1. The second kappa shape index (κ2) is 6.16. The maximum Gasteiger partial charge on any atom is 0.256 e. The molecule has 0 spiro atoms. The van der Waals surface area contributed by atoms with E-state index >= 15 is 0 Å². The van der Waals surface area contributed by atoms with E-state index in [1.165, 1.54) is 6.07 Å². The van der Waals surface area contributed by atoms with Gasteiger partial charge in [-0.15, -0.1) is 0 Å². The van der Waals surface area contributed by atoms with Gasteiger partial charge in [0, 0.05) is 25.2 Å². The van der Waals surface area contributed by atoms with Crippen molar-refractivity contribution in [2.75, 3.05) is 31.5 Å². The molecule has 6 heteroatoms. The summed E-state index contributed by atoms with van der Waals surface area (Å²) in [4.78, 5) is 26.0. The first-order valence-corrected chi connectivity index (χ1v) is 8.74. The number of benzene rings is 1. The van der Waals surface area contributed by atoms with Gasteiger partial charge in [-0.25, -0.2) is 4.39 Å². The fourth-order valence-corrected chi connectivity index (χ4v) is 4.16. The topological polar surface area (TPSA) is 61.4 Å². The fraction of sp³-hybridized carbons (Fsp3) is 0.556. The Morgan fingerprint density at radius 1 is 1.12 bits per heavy atom. The predicted octanol–water partition coefficient (Wildman–Crippen LogP) is 1.78. The zero-order chi connectivity index (χ0) is 16.7. The van der Waals surface area contributed by atoms with Gasteiger partial charge in [0.1, 0.15) is 5.82 Å². The Hall–Kier alpha value is -1.95. The van der Waals surface area contributed by atoms with Crippen LogP contribution in [-0.4, -0.2) is 42.9 Å². The highest BCUT2D eigenvalue weighted by molar-refractivity contribution is 5.98. The van der Waals surface area contributed by atoms with Crippen LogP contribution in [0.2, 0.25) is 0 Å². The quantitative estimate of drug-likeness (QED) is 0.825. The number of halogens is 1. The standard InChI is InChI=1S/C18H22FN3O2/c19-15-8-16-11(1-2-17(23)21-16)7-14(15)18(24)22-5-3-12-9-20-10-13(12)4-6-22/h7-8,12-13,20H,1-6,9-10H2,(H,21,23)/t12-,13+. The number of carbonyl (C=O) groups excluding carboxylic acids is 2. The number of likely N-dealkylation sites (tertiary alicyclic amines) is 1. The highest BCUT2D eigenvalue weighted by atomic mass is 19.1. The zero-order valence-corrected chi connectivity index (χ0v) is 13.6. The van der Waals surface area contributed by atoms with Crippen molar-refractivity contribution in [2.24, 2.45) is 11.8 Å². The Kier molecular flexibility index (Phi) is 4.00. The van der Waals surface area contributed by atoms with Crippen molar-refractivity contribution in [2.45, 2.75) is 25.7 Å². The van der Waals surface area contributed by atoms with E-state index in [2.05, 4.69) is 10.6 Å². The van der Waals surface area contributed by atoms with E-state index in [0.29, 0.717) is 43.5 Å². The SMILES string of the molecule is O=C1CCc2cc(C(=O)N3CC[C@@H]4CNC[C@@H]4CC3)c(F)cc2N1. The molecule has 0 radical (unpaired) electrons. The van der Waals surface area contributed by atoms with Crippen molar-refractivity contribution in [1.82, 2.24) is 10.2 Å². The van der Waals surface area contributed by atoms with E-state index in [0.717, 1.165) is 31.5 Å². The van der Waals surface area contributed by atoms with Gasteiger partial charge >= 0.3 is 0 Å². The Labute approximate surface area is 140 Å². The smallest absolute Gasteiger partial charge is 0.256 e. The summed E-state index contributed by atoms with van der Waals surface area (Å²) in [6.45, 7) is 3.43. The van der Waals surface area contributed by atoms with Gasteiger partial charge in [-0.05, 0) is 61.9 Å². The van der Waals surface area contributed by atoms with E-state index in [1.54, 1.807) is 11.0 Å². The van der Waals surface area contributed by atoms with Crippen LogP contribution in [0.1, 0.15) is 35.2 Å². The molecule has 128 valence electrons. The molecule has 2 saturated heterocycles. The highest BCUT2D eigenvalue weighted by Gasteiger charge is 2.32. The molecule has 1 aromatic rings. The first-order chi connectivity index (χ1) is 11.6. The minimum Gasteiger partial charge on any atom is -0.339 e. The van der Waals surface area contributed by atoms with Gasteiger partial charge in [0.25, 0.3) is 5.91 Å². The molecule has 24 heavy (non-hydrogen) atoms. The predicted molar refractivity (Wildman–Crippen MR) is 88.3 cm³/mol. The second-order valence-electron chi connectivity index (χ2n) is 7.09. The summed E-state index contributed by atoms with van der Waals surface area (Å²) in [6, 6.07) is 2.91. The monoisotopic (exact) mass is 331 g/mol. The highest BCUT2D eigenvalue weighted by Crippen LogP contribution is 2.30. The molecule has 3 aliphatic heterocycles. The summed E-state index contributed by atoms with van der Waals surface area (Å²) >= 11 is 0. The third-order valence-corrected chi connectivity index (χ3v) is 5.63. The Morgan fingerprint density at radius 3 is 2.54 bits per heavy atom. The van der Waals surface area contributed by atoms with Crippen molar-refractivity contribution in [3.05, 3.63) is 29.1 Å². The lowest BCUT2D eigenvalue weighted by atomic mass is 9.92. The van der Waals surface area contributed by atoms with Gasteiger partial charge in [0.15, 0.2) is 0 Å². The van der Waals surface area contributed by atoms with Gasteiger partial charge in [-0.1, -0.05) is 0 Å². The minimum atomic E-state index is -0.549. The van der Waals surface area contributed by atoms with E-state index in [-0.39, 0.29) is 17.4 Å². The van der Waals surface area contributed by atoms with E-state index in [9.17, 15) is 14.0 Å². The molecule has 5 nitrogen and oxygen atoms in total. The molecule has 2 N–H and O–H groups in total. The molecule has 0 aromatic heterocycles. The van der Waals surface area contributed by atoms with Crippen molar-refractivity contribution in [1.29, 1.82) is 0 Å². The van der Waals surface area contributed by atoms with Crippen LogP contribution in [0.15, 0.2) is 12.1 Å². The number of hydrogen-bond acceptors (Lipinski definition) is 3. The molecule has 1 aromatic carbocycles. The molecule has 3 aliphatic rings. The number of amides is 2. The van der Waals surface area contributed by atoms with Crippen LogP contribution in [0.25, 0.3) is 0 Å². The zero-order valence-electron chi connectivity index (χ0n) is 13.6. The number of nitrogens with one attached hydrogen (secondary N) is 2. The first kappa shape index (κ1) is 15.6. The average Bonchev–Trinajstić information content (AvgIpc) is 2.92. The second-order valence-corrected chi connectivity index (χ2v) is 7.09. The molecular weight excluding hydrogens is 309 g/mol. The van der Waals surface area contributed by atoms with Crippen LogP contribution in [0.4, 0.5) is 10.1 Å². The van der Waals surface area contributed by atoms with E-state index in [4.69, 9.17) is 0 Å². The van der Waals surface area contributed by atoms with Gasteiger partial charge in [-0.3, -0.25) is 9.59 Å². The van der Waals surface area contributed by atoms with Crippen molar-refractivity contribution < 1.29 is 14.0 Å². The fourth-order valence-electron chi connectivity index (χ4n) is 4.16. The van der Waals surface area contributed by atoms with Crippen molar-refractivity contribution >= 4 is 17.5 Å². The molecule has 0 bridgehead atoms. The number of nitrogens with zero attached hydrogens (tertiary/aromatic N) is 1. The maximum absolute atomic E-state index is 14.4. The molecule has 2 amide bonds. The summed E-state index contributed by atoms with van der Waals surface area (Å²) in [5.74, 6) is 0.388. The Bertz CT molecular complexity index is 677. The van der Waals surface area contributed by atoms with Crippen LogP contribution < -0.4 is 10.6 Å². The van der Waals surface area contributed by atoms with Gasteiger partial charge < -0.3 is 15.5 Å². The summed E-state index contributed by atoms with van der Waals surface area (Å²) in [5.41, 5.74) is 1.47. The van der Waals surface area contributed by atoms with E-state index < -0.39 is 5.82 Å². The normalized spacial score (nSPS) is 26.4. The van der Waals surface area contributed by atoms with E-state index in [1.807, 2.05) is 0 Å². The molecule has 0 saturated carbocycles. The number of anilines is 1. The largest absolute Gasteiger partial charge is 0.339 e. The Morgan fingerprint density at radius 2 is 1.83 bits per heavy atom. The molecule has 3 heterocycles. The first-order valence-electron chi connectivity index (χ1n) is 8.74. The number of carbonyl (C=O) groups is 2. The molecule has 4 rings (SSSR count). The summed E-state index contributed by atoms with van der Waals surface area (Å²) in [5, 5.41) is 6.09. The number of aryl methyl sites for hydroxylation is 1. The molecule has 2 fully saturated rings. The van der Waals surface area contributed by atoms with Crippen molar-refractivity contribution in [3.63, 3.8) is 0 Å². The molecule has 2 atom stereocenters. The average molecular weight is 331 g/mol. The molecule has 0 unspecified atom stereocenters.